The van der Waals surface area contributed by atoms with Crippen molar-refractivity contribution in [2.75, 3.05) is 56.5 Å². The maximum absolute atomic E-state index is 9.81. The van der Waals surface area contributed by atoms with Gasteiger partial charge < -0.3 is 71.5 Å². The summed E-state index contributed by atoms with van der Waals surface area (Å²) < 4.78 is 4.52. The zero-order valence-corrected chi connectivity index (χ0v) is 45.4. The number of nitrogens with one attached hydrogen (secondary N) is 2. The first-order valence-electron chi connectivity index (χ1n) is 26.1. The van der Waals surface area contributed by atoms with Crippen molar-refractivity contribution in [2.45, 2.75) is 20.0 Å². The highest BCUT2D eigenvalue weighted by Crippen LogP contribution is 2.31. The molecule has 0 aliphatic carbocycles. The maximum atomic E-state index is 9.81. The number of ether oxygens (including phenoxy) is 1. The van der Waals surface area contributed by atoms with E-state index in [1.54, 1.807) is 48.5 Å². The lowest BCUT2D eigenvalue weighted by atomic mass is 10.1. The molecule has 14 nitrogen and oxygen atoms in total. The third-order valence-electron chi connectivity index (χ3n) is 12.9. The molecule has 0 aliphatic heterocycles. The van der Waals surface area contributed by atoms with Crippen molar-refractivity contribution in [3.8, 4) is 17.2 Å². The largest absolute Gasteiger partial charge is 0.508 e. The summed E-state index contributed by atoms with van der Waals surface area (Å²) in [6.07, 6.45) is 0. The average molecular weight is 1090 g/mol. The van der Waals surface area contributed by atoms with Gasteiger partial charge in [-0.1, -0.05) is 139 Å². The smallest absolute Gasteiger partial charge is 0.298 e. The molecule has 0 heterocycles. The third kappa shape index (κ3) is 16.6. The Kier molecular flexibility index (Phi) is 20.6. The highest BCUT2D eigenvalue weighted by atomic mass is 16.5. The van der Waals surface area contributed by atoms with E-state index in [-0.39, 0.29) is 11.5 Å². The van der Waals surface area contributed by atoms with Crippen LogP contribution in [0.15, 0.2) is 243 Å². The van der Waals surface area contributed by atoms with Crippen LogP contribution >= 0.6 is 0 Å². The Labute approximate surface area is 477 Å². The fourth-order valence-electron chi connectivity index (χ4n) is 8.44. The number of aromatic hydroxyl groups is 2. The molecule has 20 N–H and O–H groups in total. The molecule has 0 aliphatic rings. The van der Waals surface area contributed by atoms with E-state index in [4.69, 9.17) is 45.9 Å². The quantitative estimate of drug-likeness (QED) is 0.0498. The highest BCUT2D eigenvalue weighted by Gasteiger charge is 2.06. The number of carbonyl (C=O) groups is 1. The normalized spacial score (nSPS) is 10.2. The molecule has 12 aromatic rings. The van der Waals surface area contributed by atoms with Crippen molar-refractivity contribution in [1.29, 1.82) is 0 Å². The van der Waals surface area contributed by atoms with E-state index in [1.165, 1.54) is 5.56 Å². The summed E-state index contributed by atoms with van der Waals surface area (Å²) in [7, 11) is 0. The molecule has 0 bridgehead atoms. The zero-order chi connectivity index (χ0) is 58.4. The van der Waals surface area contributed by atoms with Crippen LogP contribution in [-0.4, -0.2) is 16.7 Å². The predicted molar refractivity (Wildman–Crippen MR) is 346 cm³/mol. The lowest BCUT2D eigenvalue weighted by Crippen LogP contribution is -2.00. The second-order valence-electron chi connectivity index (χ2n) is 18.8. The average Bonchev–Trinajstić information content (AvgIpc) is 3.57. The van der Waals surface area contributed by atoms with Gasteiger partial charge in [0.1, 0.15) is 17.2 Å². The van der Waals surface area contributed by atoms with Crippen LogP contribution in [0, 0.1) is 6.92 Å². The summed E-state index contributed by atoms with van der Waals surface area (Å²) in [5, 5.41) is 33.8. The Morgan fingerprint density at radius 1 is 0.341 bits per heavy atom. The summed E-state index contributed by atoms with van der Waals surface area (Å²) in [4.78, 5) is 9.81. The van der Waals surface area contributed by atoms with E-state index in [1.807, 2.05) is 189 Å². The van der Waals surface area contributed by atoms with Crippen LogP contribution in [0.1, 0.15) is 16.7 Å². The van der Waals surface area contributed by atoms with E-state index in [9.17, 15) is 15.0 Å². The number of aryl methyl sites for hydroxylation is 1. The lowest BCUT2D eigenvalue weighted by Gasteiger charge is -2.11. The standard InChI is InChI=1S/2C17H16N2O.2C10H10N2.C7H7NO2.C7H9N/c2*18-16-9-10-17(15-4-2-1-3-14(15)16)19-11-12-5-7-13(20)8-6-12;2*11-9-5-6-10(12)8-4-2-1-3-7(8)9;8-6-1-3-7(4-2-6)10-5-9;1-6-2-4-7(8)5-3-6/h2*1-10,19-20H,11,18H2;2*1-6H,11-12H2;1-5H,8H2;2-5H,8H2,1H3. The van der Waals surface area contributed by atoms with Gasteiger partial charge in [-0.2, -0.15) is 0 Å². The van der Waals surface area contributed by atoms with Gasteiger partial charge in [-0.15, -0.1) is 0 Å². The molecule has 14 heteroatoms. The number of benzene rings is 12. The zero-order valence-electron chi connectivity index (χ0n) is 45.4. The molecule has 0 saturated carbocycles. The second-order valence-corrected chi connectivity index (χ2v) is 18.8. The highest BCUT2D eigenvalue weighted by molar-refractivity contribution is 6.03. The minimum absolute atomic E-state index is 0.284. The third-order valence-corrected chi connectivity index (χ3v) is 12.9. The van der Waals surface area contributed by atoms with Gasteiger partial charge in [-0.25, -0.2) is 0 Å². The molecule has 0 spiro atoms. The summed E-state index contributed by atoms with van der Waals surface area (Å²) in [6, 6.07) is 75.8. The van der Waals surface area contributed by atoms with Gasteiger partial charge >= 0.3 is 0 Å². The van der Waals surface area contributed by atoms with Crippen molar-refractivity contribution in [3.05, 3.63) is 259 Å². The Bertz CT molecular complexity index is 3680. The van der Waals surface area contributed by atoms with E-state index in [0.717, 1.165) is 105 Å². The molecule has 0 radical (unpaired) electrons. The molecule has 82 heavy (non-hydrogen) atoms. The van der Waals surface area contributed by atoms with Crippen molar-refractivity contribution in [2.24, 2.45) is 0 Å². The van der Waals surface area contributed by atoms with Gasteiger partial charge in [0, 0.05) is 113 Å². The second kappa shape index (κ2) is 28.9. The van der Waals surface area contributed by atoms with Gasteiger partial charge in [0.25, 0.3) is 6.47 Å². The summed E-state index contributed by atoms with van der Waals surface area (Å²) in [5.41, 5.74) is 57.6. The van der Waals surface area contributed by atoms with E-state index in [0.29, 0.717) is 31.0 Å². The molecule has 12 rings (SSSR count). The van der Waals surface area contributed by atoms with Gasteiger partial charge in [0.05, 0.1) is 0 Å². The Hall–Kier alpha value is -11.3. The lowest BCUT2D eigenvalue weighted by molar-refractivity contribution is -0.120. The van der Waals surface area contributed by atoms with Crippen LogP contribution in [0.5, 0.6) is 17.2 Å². The first kappa shape index (κ1) is 58.4. The van der Waals surface area contributed by atoms with E-state index >= 15 is 0 Å². The number of nitrogens with two attached hydrogens (primary N) is 8. The number of hydrogen-bond donors (Lipinski definition) is 12. The van der Waals surface area contributed by atoms with Gasteiger partial charge in [-0.3, -0.25) is 4.79 Å². The summed E-state index contributed by atoms with van der Waals surface area (Å²) in [5.74, 6) is 1.07. The van der Waals surface area contributed by atoms with Crippen LogP contribution in [0.3, 0.4) is 0 Å². The Balaban J connectivity index is 0.000000146. The SMILES string of the molecule is Cc1ccc(N)cc1.Nc1ccc(N)c2ccccc12.Nc1ccc(N)c2ccccc12.Nc1ccc(NCc2ccc(O)cc2)c2ccccc12.Nc1ccc(NCc2ccc(O)cc2)c2ccccc12.Nc1ccc(OC=O)cc1. The molecular formula is C68H68N10O4. The van der Waals surface area contributed by atoms with Gasteiger partial charge in [0.15, 0.2) is 0 Å². The molecule has 0 atom stereocenters. The number of rotatable bonds is 8. The van der Waals surface area contributed by atoms with Gasteiger partial charge in [-0.05, 0) is 127 Å². The monoisotopic (exact) mass is 1090 g/mol. The summed E-state index contributed by atoms with van der Waals surface area (Å²) in [6.45, 7) is 3.83. The Morgan fingerprint density at radius 2 is 0.610 bits per heavy atom. The molecule has 0 saturated heterocycles. The number of carbonyl (C=O) groups excluding carboxylic acids is 1. The predicted octanol–water partition coefficient (Wildman–Crippen LogP) is 13.9. The molecule has 0 fully saturated rings. The van der Waals surface area contributed by atoms with Crippen LogP contribution in [0.25, 0.3) is 43.1 Å². The van der Waals surface area contributed by atoms with E-state index < -0.39 is 0 Å². The Morgan fingerprint density at radius 3 is 0.902 bits per heavy atom. The molecule has 414 valence electrons. The van der Waals surface area contributed by atoms with Crippen molar-refractivity contribution >= 4 is 106 Å². The summed E-state index contributed by atoms with van der Waals surface area (Å²) >= 11 is 0. The minimum Gasteiger partial charge on any atom is -0.508 e. The van der Waals surface area contributed by atoms with Crippen LogP contribution in [0.2, 0.25) is 0 Å². The van der Waals surface area contributed by atoms with Crippen molar-refractivity contribution in [1.82, 2.24) is 0 Å². The number of anilines is 10. The maximum Gasteiger partial charge on any atom is 0.298 e. The van der Waals surface area contributed by atoms with Crippen molar-refractivity contribution in [3.63, 3.8) is 0 Å². The topological polar surface area (TPSA) is 299 Å². The molecule has 12 aromatic carbocycles. The molecule has 0 amide bonds. The number of phenolic OH excluding ortho intramolecular Hbond substituents is 2. The van der Waals surface area contributed by atoms with E-state index in [2.05, 4.69) is 27.5 Å². The number of fused-ring (bicyclic) bond motifs is 4. The van der Waals surface area contributed by atoms with Crippen LogP contribution in [0.4, 0.5) is 56.9 Å². The van der Waals surface area contributed by atoms with Gasteiger partial charge in [0.2, 0.25) is 0 Å². The first-order valence-corrected chi connectivity index (χ1v) is 26.1. The number of phenols is 2. The fraction of sp³-hybridized carbons (Fsp3) is 0.0441. The van der Waals surface area contributed by atoms with Crippen molar-refractivity contribution < 1.29 is 19.7 Å². The fourth-order valence-corrected chi connectivity index (χ4v) is 8.44. The number of nitrogen functional groups attached to an aromatic ring is 8. The minimum atomic E-state index is 0.284. The van der Waals surface area contributed by atoms with Crippen LogP contribution < -0.4 is 61.2 Å². The molecule has 0 unspecified atom stereocenters. The van der Waals surface area contributed by atoms with Crippen LogP contribution in [-0.2, 0) is 17.9 Å². The molecule has 0 aromatic heterocycles. The first-order chi connectivity index (χ1) is 39.7. The molecular weight excluding hydrogens is 1020 g/mol. The number of hydrogen-bond acceptors (Lipinski definition) is 14.